The van der Waals surface area contributed by atoms with E-state index < -0.39 is 0 Å². The molecule has 0 saturated heterocycles. The fourth-order valence-electron chi connectivity index (χ4n) is 1.55. The number of rotatable bonds is 6. The fourth-order valence-corrected chi connectivity index (χ4v) is 2.37. The van der Waals surface area contributed by atoms with Gasteiger partial charge < -0.3 is 15.2 Å². The molecular formula is C12H18BrNO2. The van der Waals surface area contributed by atoms with Crippen molar-refractivity contribution < 1.29 is 9.84 Å². The van der Waals surface area contributed by atoms with Crippen molar-refractivity contribution in [1.29, 1.82) is 0 Å². The van der Waals surface area contributed by atoms with Crippen molar-refractivity contribution in [2.45, 2.75) is 13.8 Å². The number of halogens is 1. The van der Waals surface area contributed by atoms with E-state index in [2.05, 4.69) is 47.2 Å². The molecule has 0 fully saturated rings. The summed E-state index contributed by atoms with van der Waals surface area (Å²) in [7, 11) is 0. The molecule has 2 N–H and O–H groups in total. The molecule has 0 spiro atoms. The lowest BCUT2D eigenvalue weighted by Crippen LogP contribution is -2.12. The summed E-state index contributed by atoms with van der Waals surface area (Å²) >= 11 is 3.54. The highest BCUT2D eigenvalue weighted by Gasteiger charge is 2.03. The van der Waals surface area contributed by atoms with Crippen LogP contribution in [0.5, 0.6) is 0 Å². The van der Waals surface area contributed by atoms with Gasteiger partial charge in [0.15, 0.2) is 0 Å². The summed E-state index contributed by atoms with van der Waals surface area (Å²) in [5, 5.41) is 11.9. The lowest BCUT2D eigenvalue weighted by molar-refractivity contribution is 0.0992. The molecule has 4 heteroatoms. The maximum atomic E-state index is 8.55. The monoisotopic (exact) mass is 287 g/mol. The molecule has 0 aliphatic heterocycles. The van der Waals surface area contributed by atoms with Crippen LogP contribution in [0.15, 0.2) is 16.6 Å². The Hall–Kier alpha value is -0.580. The summed E-state index contributed by atoms with van der Waals surface area (Å²) in [6.45, 7) is 5.96. The Bertz CT molecular complexity index is 319. The van der Waals surface area contributed by atoms with Crippen LogP contribution in [-0.4, -0.2) is 31.5 Å². The van der Waals surface area contributed by atoms with E-state index in [-0.39, 0.29) is 6.61 Å². The van der Waals surface area contributed by atoms with Crippen molar-refractivity contribution in [1.82, 2.24) is 0 Å². The highest BCUT2D eigenvalue weighted by atomic mass is 79.9. The first-order chi connectivity index (χ1) is 7.65. The van der Waals surface area contributed by atoms with Gasteiger partial charge in [0.2, 0.25) is 0 Å². The van der Waals surface area contributed by atoms with Crippen molar-refractivity contribution in [3.8, 4) is 0 Å². The third kappa shape index (κ3) is 4.12. The van der Waals surface area contributed by atoms with Crippen molar-refractivity contribution in [3.63, 3.8) is 0 Å². The van der Waals surface area contributed by atoms with Gasteiger partial charge in [0.05, 0.1) is 25.5 Å². The van der Waals surface area contributed by atoms with E-state index in [1.54, 1.807) is 0 Å². The molecule has 0 aromatic heterocycles. The fraction of sp³-hybridized carbons (Fsp3) is 0.500. The Balaban J connectivity index is 2.47. The molecule has 0 aliphatic rings. The van der Waals surface area contributed by atoms with Crippen LogP contribution < -0.4 is 5.32 Å². The van der Waals surface area contributed by atoms with Crippen LogP contribution in [0, 0.1) is 13.8 Å². The molecular weight excluding hydrogens is 270 g/mol. The highest BCUT2D eigenvalue weighted by Crippen LogP contribution is 2.27. The lowest BCUT2D eigenvalue weighted by atomic mass is 10.1. The maximum absolute atomic E-state index is 8.55. The Morgan fingerprint density at radius 1 is 1.31 bits per heavy atom. The first-order valence-corrected chi connectivity index (χ1v) is 6.13. The second-order valence-electron chi connectivity index (χ2n) is 3.70. The Morgan fingerprint density at radius 3 is 2.69 bits per heavy atom. The SMILES string of the molecule is Cc1cc(C)c(NCCOCCO)c(Br)c1. The minimum atomic E-state index is 0.0766. The second kappa shape index (κ2) is 6.89. The van der Waals surface area contributed by atoms with Gasteiger partial charge in [0.25, 0.3) is 0 Å². The van der Waals surface area contributed by atoms with Crippen LogP contribution in [0.25, 0.3) is 0 Å². The summed E-state index contributed by atoms with van der Waals surface area (Å²) in [6.07, 6.45) is 0. The first kappa shape index (κ1) is 13.5. The average molecular weight is 288 g/mol. The molecule has 0 atom stereocenters. The predicted molar refractivity (Wildman–Crippen MR) is 70.0 cm³/mol. The summed E-state index contributed by atoms with van der Waals surface area (Å²) in [6, 6.07) is 4.23. The van der Waals surface area contributed by atoms with Gasteiger partial charge in [0.1, 0.15) is 0 Å². The Labute approximate surface area is 105 Å². The minimum absolute atomic E-state index is 0.0766. The van der Waals surface area contributed by atoms with E-state index >= 15 is 0 Å². The van der Waals surface area contributed by atoms with Gasteiger partial charge in [-0.25, -0.2) is 0 Å². The van der Waals surface area contributed by atoms with Crippen molar-refractivity contribution >= 4 is 21.6 Å². The molecule has 0 aliphatic carbocycles. The number of nitrogens with one attached hydrogen (secondary N) is 1. The van der Waals surface area contributed by atoms with E-state index in [1.807, 2.05) is 0 Å². The van der Waals surface area contributed by atoms with Crippen molar-refractivity contribution in [3.05, 3.63) is 27.7 Å². The molecule has 0 amide bonds. The maximum Gasteiger partial charge on any atom is 0.0698 e. The van der Waals surface area contributed by atoms with Crippen LogP contribution in [0.1, 0.15) is 11.1 Å². The molecule has 16 heavy (non-hydrogen) atoms. The quantitative estimate of drug-likeness (QED) is 0.790. The minimum Gasteiger partial charge on any atom is -0.394 e. The van der Waals surface area contributed by atoms with Gasteiger partial charge in [-0.1, -0.05) is 6.07 Å². The molecule has 0 heterocycles. The van der Waals surface area contributed by atoms with Gasteiger partial charge in [-0.05, 0) is 47.0 Å². The standard InChI is InChI=1S/C12H18BrNO2/c1-9-7-10(2)12(11(13)8-9)14-3-5-16-6-4-15/h7-8,14-15H,3-6H2,1-2H3. The summed E-state index contributed by atoms with van der Waals surface area (Å²) in [4.78, 5) is 0. The average Bonchev–Trinajstić information content (AvgIpc) is 2.20. The number of hydrogen-bond donors (Lipinski definition) is 2. The highest BCUT2D eigenvalue weighted by molar-refractivity contribution is 9.10. The number of aliphatic hydroxyl groups excluding tert-OH is 1. The predicted octanol–water partition coefficient (Wildman–Crippen LogP) is 2.49. The molecule has 0 unspecified atom stereocenters. The van der Waals surface area contributed by atoms with Crippen LogP contribution in [0.2, 0.25) is 0 Å². The van der Waals surface area contributed by atoms with Crippen LogP contribution >= 0.6 is 15.9 Å². The Kier molecular flexibility index (Phi) is 5.80. The number of aliphatic hydroxyl groups is 1. The number of hydrogen-bond acceptors (Lipinski definition) is 3. The molecule has 1 rings (SSSR count). The first-order valence-electron chi connectivity index (χ1n) is 5.34. The molecule has 0 saturated carbocycles. The number of ether oxygens (including phenoxy) is 1. The van der Waals surface area contributed by atoms with Crippen LogP contribution in [0.3, 0.4) is 0 Å². The summed E-state index contributed by atoms with van der Waals surface area (Å²) < 4.78 is 6.26. The van der Waals surface area contributed by atoms with E-state index in [0.717, 1.165) is 16.7 Å². The van der Waals surface area contributed by atoms with Gasteiger partial charge >= 0.3 is 0 Å². The molecule has 1 aromatic carbocycles. The van der Waals surface area contributed by atoms with Gasteiger partial charge in [0, 0.05) is 11.0 Å². The van der Waals surface area contributed by atoms with Crippen LogP contribution in [-0.2, 0) is 4.74 Å². The molecule has 0 bridgehead atoms. The van der Waals surface area contributed by atoms with Crippen LogP contribution in [0.4, 0.5) is 5.69 Å². The van der Waals surface area contributed by atoms with Gasteiger partial charge in [-0.3, -0.25) is 0 Å². The van der Waals surface area contributed by atoms with E-state index in [9.17, 15) is 0 Å². The van der Waals surface area contributed by atoms with Gasteiger partial charge in [-0.2, -0.15) is 0 Å². The van der Waals surface area contributed by atoms with Crippen molar-refractivity contribution in [2.75, 3.05) is 31.7 Å². The number of anilines is 1. The molecule has 1 aromatic rings. The zero-order valence-electron chi connectivity index (χ0n) is 9.72. The third-order valence-corrected chi connectivity index (χ3v) is 2.84. The second-order valence-corrected chi connectivity index (χ2v) is 4.56. The number of aryl methyl sites for hydroxylation is 2. The van der Waals surface area contributed by atoms with Gasteiger partial charge in [-0.15, -0.1) is 0 Å². The number of benzene rings is 1. The van der Waals surface area contributed by atoms with E-state index in [1.165, 1.54) is 11.1 Å². The summed E-state index contributed by atoms with van der Waals surface area (Å²) in [5.41, 5.74) is 3.57. The smallest absolute Gasteiger partial charge is 0.0698 e. The molecule has 90 valence electrons. The van der Waals surface area contributed by atoms with Crippen molar-refractivity contribution in [2.24, 2.45) is 0 Å². The molecule has 0 radical (unpaired) electrons. The molecule has 3 nitrogen and oxygen atoms in total. The zero-order valence-corrected chi connectivity index (χ0v) is 11.3. The normalized spacial score (nSPS) is 10.5. The zero-order chi connectivity index (χ0) is 12.0. The Morgan fingerprint density at radius 2 is 2.06 bits per heavy atom. The van der Waals surface area contributed by atoms with E-state index in [0.29, 0.717) is 13.2 Å². The topological polar surface area (TPSA) is 41.5 Å². The largest absolute Gasteiger partial charge is 0.394 e. The summed E-state index contributed by atoms with van der Waals surface area (Å²) in [5.74, 6) is 0. The third-order valence-electron chi connectivity index (χ3n) is 2.22. The van der Waals surface area contributed by atoms with E-state index in [4.69, 9.17) is 9.84 Å². The lowest BCUT2D eigenvalue weighted by Gasteiger charge is -2.12.